The minimum Gasteiger partial charge on any atom is -0.368 e. The van der Waals surface area contributed by atoms with Gasteiger partial charge in [-0.2, -0.15) is 4.98 Å². The number of nitrogens with one attached hydrogen (secondary N) is 2. The molecule has 10 heteroatoms. The molecule has 0 unspecified atom stereocenters. The number of benzene rings is 1. The molecule has 0 spiro atoms. The van der Waals surface area contributed by atoms with Crippen molar-refractivity contribution >= 4 is 40.3 Å². The highest BCUT2D eigenvalue weighted by Gasteiger charge is 2.30. The smallest absolute Gasteiger partial charge is 0.350 e. The predicted molar refractivity (Wildman–Crippen MR) is 143 cm³/mol. The molecule has 0 atom stereocenters. The van der Waals surface area contributed by atoms with E-state index in [4.69, 9.17) is 0 Å². The summed E-state index contributed by atoms with van der Waals surface area (Å²) in [5, 5.41) is 7.20. The molecule has 2 aromatic heterocycles. The lowest BCUT2D eigenvalue weighted by atomic mass is 10.1. The van der Waals surface area contributed by atoms with Crippen molar-refractivity contribution in [1.82, 2.24) is 24.8 Å². The van der Waals surface area contributed by atoms with Gasteiger partial charge in [-0.05, 0) is 62.4 Å². The molecule has 2 aliphatic heterocycles. The van der Waals surface area contributed by atoms with Gasteiger partial charge in [0.1, 0.15) is 11.5 Å². The van der Waals surface area contributed by atoms with E-state index in [1.54, 1.807) is 10.9 Å². The van der Waals surface area contributed by atoms with Crippen molar-refractivity contribution in [3.63, 3.8) is 0 Å². The van der Waals surface area contributed by atoms with Crippen LogP contribution in [0.4, 0.5) is 17.2 Å². The first-order valence-electron chi connectivity index (χ1n) is 13.2. The van der Waals surface area contributed by atoms with Gasteiger partial charge in [-0.1, -0.05) is 0 Å². The van der Waals surface area contributed by atoms with E-state index in [-0.39, 0.29) is 17.6 Å². The Morgan fingerprint density at radius 2 is 1.89 bits per heavy atom. The molecule has 0 bridgehead atoms. The van der Waals surface area contributed by atoms with Gasteiger partial charge in [0.05, 0.1) is 34.3 Å². The maximum Gasteiger partial charge on any atom is 0.350 e. The number of aryl methyl sites for hydroxylation is 1. The molecule has 3 fully saturated rings. The summed E-state index contributed by atoms with van der Waals surface area (Å²) in [6.07, 6.45) is 5.83. The van der Waals surface area contributed by atoms with Gasteiger partial charge in [0.15, 0.2) is 0 Å². The molecule has 4 heterocycles. The average Bonchev–Trinajstić information content (AvgIpc) is 3.81. The van der Waals surface area contributed by atoms with Gasteiger partial charge < -0.3 is 15.5 Å². The Balaban J connectivity index is 1.05. The van der Waals surface area contributed by atoms with E-state index in [1.165, 1.54) is 0 Å². The number of hydrogen-bond donors (Lipinski definition) is 2. The molecular formula is C27H30N8O2. The molecule has 1 amide bonds. The fourth-order valence-corrected chi connectivity index (χ4v) is 5.44. The highest BCUT2D eigenvalue weighted by Crippen LogP contribution is 2.41. The predicted octanol–water partition coefficient (Wildman–Crippen LogP) is 2.73. The molecule has 0 radical (unpaired) electrons. The fourth-order valence-electron chi connectivity index (χ4n) is 5.44. The van der Waals surface area contributed by atoms with Gasteiger partial charge in [-0.3, -0.25) is 14.3 Å². The van der Waals surface area contributed by atoms with Crippen molar-refractivity contribution < 1.29 is 4.79 Å². The number of rotatable bonds is 6. The summed E-state index contributed by atoms with van der Waals surface area (Å²) >= 11 is 0. The van der Waals surface area contributed by atoms with E-state index in [1.807, 2.05) is 25.1 Å². The molecule has 3 aromatic rings. The zero-order chi connectivity index (χ0) is 25.1. The molecule has 2 N–H and O–H groups in total. The molecule has 2 aliphatic carbocycles. The third-order valence-electron chi connectivity index (χ3n) is 7.69. The Bertz CT molecular complexity index is 1500. The van der Waals surface area contributed by atoms with Crippen molar-refractivity contribution in [3.8, 4) is 0 Å². The zero-order valence-electron chi connectivity index (χ0n) is 20.9. The molecule has 7 rings (SSSR count). The Morgan fingerprint density at radius 1 is 1.08 bits per heavy atom. The molecule has 190 valence electrons. The fraction of sp³-hybridized carbons (Fsp3) is 0.444. The van der Waals surface area contributed by atoms with Gasteiger partial charge in [0, 0.05) is 44.8 Å². The number of carbonyl (C=O) groups is 1. The van der Waals surface area contributed by atoms with Crippen molar-refractivity contribution in [1.29, 1.82) is 0 Å². The first-order valence-corrected chi connectivity index (χ1v) is 13.2. The number of nitrogens with zero attached hydrogens (tertiary/aromatic N) is 6. The lowest BCUT2D eigenvalue weighted by Gasteiger charge is -2.36. The van der Waals surface area contributed by atoms with Crippen LogP contribution in [0.25, 0.3) is 10.9 Å². The molecule has 37 heavy (non-hydrogen) atoms. The summed E-state index contributed by atoms with van der Waals surface area (Å²) in [5.41, 5.74) is 5.06. The molecule has 4 aliphatic rings. The van der Waals surface area contributed by atoms with E-state index < -0.39 is 0 Å². The Hall–Kier alpha value is -3.79. The SMILES string of the molecule is Cc1nc(C(=O)NC2CC2)ccc1N1CCN(Cc2cc3c4c(n(C5CC5)c(=O)nc4c2)N=CN3)CC1. The summed E-state index contributed by atoms with van der Waals surface area (Å²) in [6.45, 7) is 6.36. The monoisotopic (exact) mass is 498 g/mol. The first kappa shape index (κ1) is 22.4. The highest BCUT2D eigenvalue weighted by atomic mass is 16.2. The second-order valence-corrected chi connectivity index (χ2v) is 10.6. The van der Waals surface area contributed by atoms with Crippen molar-refractivity contribution in [3.05, 3.63) is 51.7 Å². The standard InChI is InChI=1S/C27H30N8O2/c1-16-23(7-6-20(30-16)26(36)31-18-2-3-18)34-10-8-33(9-11-34)14-17-12-21-24-22(13-17)32-27(37)35(19-4-5-19)25(24)29-15-28-21/h6-7,12-13,15,18-19H,2-5,8-11,14H2,1H3,(H,28,29)(H,31,36). The Morgan fingerprint density at radius 3 is 2.62 bits per heavy atom. The van der Waals surface area contributed by atoms with Gasteiger partial charge in [-0.15, -0.1) is 0 Å². The van der Waals surface area contributed by atoms with E-state index >= 15 is 0 Å². The summed E-state index contributed by atoms with van der Waals surface area (Å²) < 4.78 is 1.75. The van der Waals surface area contributed by atoms with Crippen LogP contribution in [-0.2, 0) is 6.54 Å². The number of pyridine rings is 1. The molecule has 1 aromatic carbocycles. The van der Waals surface area contributed by atoms with Crippen LogP contribution in [-0.4, -0.2) is 63.9 Å². The number of aliphatic imine (C=N–C) groups is 1. The summed E-state index contributed by atoms with van der Waals surface area (Å²) in [5.74, 6) is 0.650. The number of piperazine rings is 1. The van der Waals surface area contributed by atoms with Crippen LogP contribution in [0.15, 0.2) is 34.1 Å². The quantitative estimate of drug-likeness (QED) is 0.538. The number of anilines is 2. The van der Waals surface area contributed by atoms with Gasteiger partial charge in [0.25, 0.3) is 5.91 Å². The molecular weight excluding hydrogens is 468 g/mol. The lowest BCUT2D eigenvalue weighted by molar-refractivity contribution is 0.0946. The van der Waals surface area contributed by atoms with Crippen molar-refractivity contribution in [2.24, 2.45) is 4.99 Å². The average molecular weight is 499 g/mol. The largest absolute Gasteiger partial charge is 0.368 e. The summed E-state index contributed by atoms with van der Waals surface area (Å²) in [4.78, 5) is 43.4. The number of carbonyl (C=O) groups excluding carboxylic acids is 1. The van der Waals surface area contributed by atoms with Crippen LogP contribution < -0.4 is 21.2 Å². The van der Waals surface area contributed by atoms with Crippen LogP contribution in [0.3, 0.4) is 0 Å². The van der Waals surface area contributed by atoms with Crippen LogP contribution in [0.1, 0.15) is 53.5 Å². The van der Waals surface area contributed by atoms with Crippen LogP contribution in [0.2, 0.25) is 0 Å². The van der Waals surface area contributed by atoms with Gasteiger partial charge in [-0.25, -0.2) is 14.8 Å². The molecule has 2 saturated carbocycles. The first-order chi connectivity index (χ1) is 18.0. The number of amides is 1. The Labute approximate surface area is 214 Å². The molecule has 10 nitrogen and oxygen atoms in total. The van der Waals surface area contributed by atoms with E-state index in [2.05, 4.69) is 41.5 Å². The number of aromatic nitrogens is 3. The zero-order valence-corrected chi connectivity index (χ0v) is 20.9. The Kier molecular flexibility index (Phi) is 5.24. The van der Waals surface area contributed by atoms with Crippen LogP contribution >= 0.6 is 0 Å². The lowest BCUT2D eigenvalue weighted by Crippen LogP contribution is -2.46. The summed E-state index contributed by atoms with van der Waals surface area (Å²) in [7, 11) is 0. The topological polar surface area (TPSA) is 108 Å². The maximum atomic E-state index is 12.8. The van der Waals surface area contributed by atoms with E-state index in [0.29, 0.717) is 17.3 Å². The van der Waals surface area contributed by atoms with Crippen molar-refractivity contribution in [2.75, 3.05) is 36.4 Å². The van der Waals surface area contributed by atoms with E-state index in [0.717, 1.165) is 92.2 Å². The minimum atomic E-state index is -0.208. The summed E-state index contributed by atoms with van der Waals surface area (Å²) in [6, 6.07) is 8.61. The van der Waals surface area contributed by atoms with Gasteiger partial charge in [0.2, 0.25) is 0 Å². The van der Waals surface area contributed by atoms with Crippen LogP contribution in [0, 0.1) is 6.92 Å². The normalized spacial score (nSPS) is 19.2. The minimum absolute atomic E-state index is 0.0785. The highest BCUT2D eigenvalue weighted by molar-refractivity contribution is 6.06. The second-order valence-electron chi connectivity index (χ2n) is 10.6. The van der Waals surface area contributed by atoms with E-state index in [9.17, 15) is 9.59 Å². The third kappa shape index (κ3) is 4.25. The number of hydrogen-bond acceptors (Lipinski definition) is 8. The third-order valence-corrected chi connectivity index (χ3v) is 7.69. The van der Waals surface area contributed by atoms with Gasteiger partial charge >= 0.3 is 5.69 Å². The molecule has 1 saturated heterocycles. The maximum absolute atomic E-state index is 12.8. The van der Waals surface area contributed by atoms with Crippen LogP contribution in [0.5, 0.6) is 0 Å². The van der Waals surface area contributed by atoms with Crippen molar-refractivity contribution in [2.45, 2.75) is 51.2 Å². The second kappa shape index (κ2) is 8.65.